The summed E-state index contributed by atoms with van der Waals surface area (Å²) < 4.78 is 3.38. The summed E-state index contributed by atoms with van der Waals surface area (Å²) in [6.45, 7) is 0.493. The highest BCUT2D eigenvalue weighted by molar-refractivity contribution is 8.06. The van der Waals surface area contributed by atoms with Crippen LogP contribution in [0.1, 0.15) is 11.4 Å². The van der Waals surface area contributed by atoms with Crippen LogP contribution in [-0.4, -0.2) is 94.0 Å². The number of aromatic nitrogens is 3. The summed E-state index contributed by atoms with van der Waals surface area (Å²) in [5, 5.41) is 30.2. The van der Waals surface area contributed by atoms with Crippen molar-refractivity contribution in [2.45, 2.75) is 26.1 Å². The molecular weight excluding hydrogens is 557 g/mol. The molecule has 2 saturated heterocycles. The number of carboxylic acid groups (broad SMARTS) is 1. The number of β-lactam (4-membered cyclic amide) rings is 1. The minimum atomic E-state index is -1.29. The Labute approximate surface area is 219 Å². The number of carbonyl (C=O) groups is 3. The number of nitrogens with two attached hydrogens (primary N) is 2. The lowest BCUT2D eigenvalue weighted by Gasteiger charge is -2.53. The molecule has 7 N–H and O–H groups in total. The predicted octanol–water partition coefficient (Wildman–Crippen LogP) is -0.0374. The molecule has 0 aromatic carbocycles. The zero-order valence-electron chi connectivity index (χ0n) is 17.8. The summed E-state index contributed by atoms with van der Waals surface area (Å²) in [4.78, 5) is 43.2. The van der Waals surface area contributed by atoms with E-state index in [1.54, 1.807) is 11.8 Å². The van der Waals surface area contributed by atoms with Gasteiger partial charge in [0.05, 0.1) is 5.69 Å². The molecule has 2 aliphatic rings. The van der Waals surface area contributed by atoms with E-state index in [9.17, 15) is 24.7 Å². The Kier molecular flexibility index (Phi) is 8.06. The average Bonchev–Trinajstić information content (AvgIpc) is 3.46. The van der Waals surface area contributed by atoms with E-state index < -0.39 is 33.9 Å². The van der Waals surface area contributed by atoms with E-state index in [1.807, 2.05) is 0 Å². The van der Waals surface area contributed by atoms with Crippen LogP contribution in [0.2, 0.25) is 0 Å². The Morgan fingerprint density at radius 3 is 2.89 bits per heavy atom. The zero-order chi connectivity index (χ0) is 25.2. The molecule has 4 heterocycles. The molecule has 1 unspecified atom stereocenters. The largest absolute Gasteiger partial charge is 0.480 e. The molecule has 3 atom stereocenters. The van der Waals surface area contributed by atoms with Gasteiger partial charge < -0.3 is 32.0 Å². The van der Waals surface area contributed by atoms with Gasteiger partial charge in [-0.3, -0.25) is 14.4 Å². The summed E-state index contributed by atoms with van der Waals surface area (Å²) in [5.41, 5.74) is 11.5. The van der Waals surface area contributed by atoms with Crippen LogP contribution in [0.5, 0.6) is 0 Å². The molecule has 0 radical (unpaired) electrons. The van der Waals surface area contributed by atoms with Crippen molar-refractivity contribution in [2.24, 2.45) is 10.9 Å². The van der Waals surface area contributed by atoms with Crippen LogP contribution in [0, 0.1) is 0 Å². The molecule has 0 aliphatic carbocycles. The van der Waals surface area contributed by atoms with Gasteiger partial charge in [-0.05, 0) is 11.5 Å². The van der Waals surface area contributed by atoms with Crippen molar-refractivity contribution in [3.63, 3.8) is 0 Å². The Morgan fingerprint density at radius 2 is 2.23 bits per heavy atom. The summed E-state index contributed by atoms with van der Waals surface area (Å²) in [7, 11) is 0. The second-order valence-electron chi connectivity index (χ2n) is 7.39. The molecule has 2 aromatic rings. The number of oxime groups is 1. The van der Waals surface area contributed by atoms with Crippen LogP contribution >= 0.6 is 58.2 Å². The third-order valence-corrected chi connectivity index (χ3v) is 10.8. The molecule has 2 aliphatic heterocycles. The van der Waals surface area contributed by atoms with E-state index in [-0.39, 0.29) is 28.8 Å². The van der Waals surface area contributed by atoms with Gasteiger partial charge in [-0.15, -0.1) is 28.2 Å². The van der Waals surface area contributed by atoms with Gasteiger partial charge in [-0.1, -0.05) is 21.4 Å². The van der Waals surface area contributed by atoms with Crippen LogP contribution in [0.25, 0.3) is 0 Å². The highest BCUT2D eigenvalue weighted by Crippen LogP contribution is 2.47. The molecule has 4 rings (SSSR count). The molecule has 35 heavy (non-hydrogen) atoms. The van der Waals surface area contributed by atoms with Crippen molar-refractivity contribution in [2.75, 3.05) is 30.3 Å². The van der Waals surface area contributed by atoms with E-state index in [0.29, 0.717) is 22.2 Å². The fourth-order valence-electron chi connectivity index (χ4n) is 3.40. The van der Waals surface area contributed by atoms with Crippen LogP contribution in [0.3, 0.4) is 0 Å². The quantitative estimate of drug-likeness (QED) is 0.0827. The summed E-state index contributed by atoms with van der Waals surface area (Å²) >= 11 is 6.21. The predicted molar refractivity (Wildman–Crippen MR) is 136 cm³/mol. The minimum absolute atomic E-state index is 0.0350. The first kappa shape index (κ1) is 26.0. The molecule has 0 saturated carbocycles. The fourth-order valence-corrected chi connectivity index (χ4v) is 8.70. The second kappa shape index (κ2) is 10.9. The number of hydrogen-bond acceptors (Lipinski definition) is 15. The maximum absolute atomic E-state index is 12.9. The number of carboxylic acids is 1. The first-order valence-electron chi connectivity index (χ1n) is 9.97. The van der Waals surface area contributed by atoms with Crippen molar-refractivity contribution in [1.29, 1.82) is 0 Å². The maximum Gasteiger partial charge on any atom is 0.322 e. The number of rotatable bonds is 10. The molecule has 2 amide bonds. The van der Waals surface area contributed by atoms with Crippen LogP contribution in [0.4, 0.5) is 5.13 Å². The highest BCUT2D eigenvalue weighted by Gasteiger charge is 2.58. The Bertz CT molecular complexity index is 1160. The van der Waals surface area contributed by atoms with E-state index in [1.165, 1.54) is 22.0 Å². The lowest BCUT2D eigenvalue weighted by Crippen LogP contribution is -2.74. The van der Waals surface area contributed by atoms with Crippen molar-refractivity contribution in [1.82, 2.24) is 24.8 Å². The number of nitrogens with one attached hydrogen (secondary N) is 1. The van der Waals surface area contributed by atoms with Crippen LogP contribution in [-0.2, 0) is 20.1 Å². The van der Waals surface area contributed by atoms with E-state index in [2.05, 4.69) is 25.0 Å². The van der Waals surface area contributed by atoms with Gasteiger partial charge in [0.2, 0.25) is 5.91 Å². The first-order valence-corrected chi connectivity index (χ1v) is 14.6. The van der Waals surface area contributed by atoms with Gasteiger partial charge in [0, 0.05) is 35.7 Å². The molecule has 18 heteroatoms. The van der Waals surface area contributed by atoms with Crippen LogP contribution in [0.15, 0.2) is 14.7 Å². The molecule has 13 nitrogen and oxygen atoms in total. The van der Waals surface area contributed by atoms with Gasteiger partial charge >= 0.3 is 5.97 Å². The van der Waals surface area contributed by atoms with Gasteiger partial charge in [-0.25, -0.2) is 4.98 Å². The molecule has 188 valence electrons. The number of amides is 2. The normalized spacial score (nSPS) is 24.1. The van der Waals surface area contributed by atoms with E-state index >= 15 is 0 Å². The Hall–Kier alpha value is -2.12. The topological polar surface area (TPSA) is 210 Å². The third-order valence-electron chi connectivity index (χ3n) is 5.12. The van der Waals surface area contributed by atoms with Crippen LogP contribution < -0.4 is 16.8 Å². The summed E-state index contributed by atoms with van der Waals surface area (Å²) in [6, 6.07) is -0.884. The number of anilines is 1. The standard InChI is InChI=1S/C17H20N8O5S5/c18-1-2-31-3-8-14(35-24-22-8)34-17(15(28)29)5-25-12(27)10(13(25)33-6-17)21-11(26)9(23-30)7-4-32-16(19)20-7/h4,10,13,30H,1-3,5-6,18H2,(H2,19,20)(H,21,26)(H,28,29)/t10-,13-,17?/m1/s1. The number of fused-ring (bicyclic) bond motifs is 1. The SMILES string of the molecule is NCCSCc1nnsc1SC1(C(=O)O)CS[C@@H]2[C@H](NC(=O)C(=NO)c3csc(N)n3)C(=O)N2C1. The Morgan fingerprint density at radius 1 is 1.43 bits per heavy atom. The van der Waals surface area contributed by atoms with E-state index in [4.69, 9.17) is 11.5 Å². The second-order valence-corrected chi connectivity index (χ2v) is 12.9. The number of aliphatic carboxylic acids is 1. The van der Waals surface area contributed by atoms with Crippen molar-refractivity contribution >= 4 is 86.8 Å². The van der Waals surface area contributed by atoms with Gasteiger partial charge in [-0.2, -0.15) is 11.8 Å². The Balaban J connectivity index is 1.43. The molecule has 2 fully saturated rings. The highest BCUT2D eigenvalue weighted by atomic mass is 32.2. The molecule has 0 spiro atoms. The number of nitrogens with zero attached hydrogens (tertiary/aromatic N) is 5. The smallest absolute Gasteiger partial charge is 0.322 e. The summed E-state index contributed by atoms with van der Waals surface area (Å²) in [5.74, 6) is -0.729. The van der Waals surface area contributed by atoms with Gasteiger partial charge in [0.15, 0.2) is 10.8 Å². The molecule has 0 bridgehead atoms. The number of carbonyl (C=O) groups excluding carboxylic acids is 2. The van der Waals surface area contributed by atoms with Gasteiger partial charge in [0.25, 0.3) is 5.91 Å². The average molecular weight is 577 g/mol. The monoisotopic (exact) mass is 576 g/mol. The number of thiazole rings is 1. The van der Waals surface area contributed by atoms with Crippen molar-refractivity contribution < 1.29 is 24.7 Å². The van der Waals surface area contributed by atoms with Crippen molar-refractivity contribution in [3.05, 3.63) is 16.8 Å². The zero-order valence-corrected chi connectivity index (χ0v) is 21.9. The first-order chi connectivity index (χ1) is 16.8. The number of hydrogen-bond donors (Lipinski definition) is 5. The van der Waals surface area contributed by atoms with Crippen molar-refractivity contribution in [3.8, 4) is 0 Å². The number of nitrogen functional groups attached to an aromatic ring is 1. The van der Waals surface area contributed by atoms with Gasteiger partial charge in [0.1, 0.15) is 26.1 Å². The minimum Gasteiger partial charge on any atom is -0.480 e. The lowest BCUT2D eigenvalue weighted by molar-refractivity contribution is -0.151. The molecular formula is C17H20N8O5S5. The number of thioether (sulfide) groups is 3. The fraction of sp³-hybridized carbons (Fsp3) is 0.471. The lowest BCUT2D eigenvalue weighted by atomic mass is 10.0. The molecule has 2 aromatic heterocycles. The maximum atomic E-state index is 12.9. The van der Waals surface area contributed by atoms with E-state index in [0.717, 1.165) is 40.4 Å². The summed E-state index contributed by atoms with van der Waals surface area (Å²) in [6.07, 6.45) is 0. The third kappa shape index (κ3) is 5.21.